The van der Waals surface area contributed by atoms with Gasteiger partial charge in [0.2, 0.25) is 0 Å². The minimum Gasteiger partial charge on any atom is -0.271 e. The van der Waals surface area contributed by atoms with Crippen LogP contribution in [-0.4, -0.2) is 0 Å². The molecule has 2 rings (SSSR count). The second-order valence-corrected chi connectivity index (χ2v) is 5.32. The molecule has 94 valence electrons. The molecule has 1 aliphatic rings. The number of hydrogen-bond acceptors (Lipinski definition) is 2. The van der Waals surface area contributed by atoms with Crippen molar-refractivity contribution in [1.29, 1.82) is 0 Å². The highest BCUT2D eigenvalue weighted by Gasteiger charge is 2.24. The summed E-state index contributed by atoms with van der Waals surface area (Å²) >= 11 is 6.26. The molecule has 1 atom stereocenters. The summed E-state index contributed by atoms with van der Waals surface area (Å²) in [6, 6.07) is 8.21. The molecular formula is C14H21ClN2. The van der Waals surface area contributed by atoms with Crippen LogP contribution in [0.15, 0.2) is 24.3 Å². The van der Waals surface area contributed by atoms with E-state index in [1.165, 1.54) is 38.5 Å². The van der Waals surface area contributed by atoms with Gasteiger partial charge in [-0.15, -0.1) is 0 Å². The third kappa shape index (κ3) is 3.21. The largest absolute Gasteiger partial charge is 0.271 e. The maximum Gasteiger partial charge on any atom is 0.0502 e. The van der Waals surface area contributed by atoms with E-state index < -0.39 is 0 Å². The highest BCUT2D eigenvalue weighted by molar-refractivity contribution is 6.31. The molecule has 1 saturated carbocycles. The fraction of sp³-hybridized carbons (Fsp3) is 0.571. The number of rotatable bonds is 3. The lowest BCUT2D eigenvalue weighted by Gasteiger charge is -2.26. The van der Waals surface area contributed by atoms with Crippen LogP contribution in [0.2, 0.25) is 5.02 Å². The summed E-state index contributed by atoms with van der Waals surface area (Å²) < 4.78 is 0. The Kier molecular flexibility index (Phi) is 4.84. The third-order valence-electron chi connectivity index (χ3n) is 3.79. The zero-order valence-electron chi connectivity index (χ0n) is 10.2. The quantitative estimate of drug-likeness (QED) is 0.488. The second-order valence-electron chi connectivity index (χ2n) is 4.92. The molecule has 0 saturated heterocycles. The molecule has 0 spiro atoms. The van der Waals surface area contributed by atoms with Crippen molar-refractivity contribution in [2.75, 3.05) is 0 Å². The van der Waals surface area contributed by atoms with Crippen molar-refractivity contribution in [1.82, 2.24) is 5.43 Å². The van der Waals surface area contributed by atoms with Crippen LogP contribution in [0.25, 0.3) is 0 Å². The van der Waals surface area contributed by atoms with E-state index in [9.17, 15) is 0 Å². The maximum atomic E-state index is 6.26. The lowest BCUT2D eigenvalue weighted by Crippen LogP contribution is -2.33. The van der Waals surface area contributed by atoms with E-state index in [0.29, 0.717) is 5.92 Å². The summed E-state index contributed by atoms with van der Waals surface area (Å²) in [5, 5.41) is 0.819. The van der Waals surface area contributed by atoms with Gasteiger partial charge in [-0.2, -0.15) is 0 Å². The number of hydrazine groups is 1. The Morgan fingerprint density at radius 1 is 1.12 bits per heavy atom. The zero-order chi connectivity index (χ0) is 12.1. The number of benzene rings is 1. The first-order valence-electron chi connectivity index (χ1n) is 6.53. The van der Waals surface area contributed by atoms with Crippen molar-refractivity contribution < 1.29 is 0 Å². The smallest absolute Gasteiger partial charge is 0.0502 e. The van der Waals surface area contributed by atoms with Gasteiger partial charge in [-0.3, -0.25) is 11.3 Å². The van der Waals surface area contributed by atoms with Crippen LogP contribution in [0.3, 0.4) is 0 Å². The molecule has 1 fully saturated rings. The van der Waals surface area contributed by atoms with Gasteiger partial charge in [-0.25, -0.2) is 0 Å². The van der Waals surface area contributed by atoms with Gasteiger partial charge in [-0.1, -0.05) is 55.5 Å². The summed E-state index contributed by atoms with van der Waals surface area (Å²) in [5.74, 6) is 6.36. The first-order valence-corrected chi connectivity index (χ1v) is 6.91. The molecule has 2 nitrogen and oxygen atoms in total. The van der Waals surface area contributed by atoms with Gasteiger partial charge >= 0.3 is 0 Å². The molecule has 17 heavy (non-hydrogen) atoms. The van der Waals surface area contributed by atoms with Gasteiger partial charge in [-0.05, 0) is 30.4 Å². The van der Waals surface area contributed by atoms with Gasteiger partial charge in [0.25, 0.3) is 0 Å². The zero-order valence-corrected chi connectivity index (χ0v) is 10.9. The lowest BCUT2D eigenvalue weighted by atomic mass is 9.87. The lowest BCUT2D eigenvalue weighted by molar-refractivity contribution is 0.329. The maximum absolute atomic E-state index is 6.26. The molecule has 1 aliphatic carbocycles. The van der Waals surface area contributed by atoms with Crippen LogP contribution in [-0.2, 0) is 0 Å². The average molecular weight is 253 g/mol. The summed E-state index contributed by atoms with van der Waals surface area (Å²) in [5.41, 5.74) is 4.11. The molecule has 0 radical (unpaired) electrons. The molecule has 1 aromatic carbocycles. The van der Waals surface area contributed by atoms with Crippen molar-refractivity contribution in [2.24, 2.45) is 11.8 Å². The molecule has 0 aliphatic heterocycles. The molecule has 3 N–H and O–H groups in total. The third-order valence-corrected chi connectivity index (χ3v) is 4.14. The van der Waals surface area contributed by atoms with Crippen LogP contribution in [0.1, 0.15) is 50.1 Å². The Bertz CT molecular complexity index is 346. The molecular weight excluding hydrogens is 232 g/mol. The van der Waals surface area contributed by atoms with Gasteiger partial charge in [0.15, 0.2) is 0 Å². The number of nitrogens with two attached hydrogens (primary N) is 1. The number of hydrogen-bond donors (Lipinski definition) is 2. The molecule has 0 heterocycles. The van der Waals surface area contributed by atoms with Gasteiger partial charge in [0.05, 0.1) is 6.04 Å². The Morgan fingerprint density at radius 3 is 2.35 bits per heavy atom. The van der Waals surface area contributed by atoms with Gasteiger partial charge in [0.1, 0.15) is 0 Å². The first kappa shape index (κ1) is 12.9. The Balaban J connectivity index is 2.17. The Labute approximate surface area is 109 Å². The van der Waals surface area contributed by atoms with E-state index >= 15 is 0 Å². The van der Waals surface area contributed by atoms with E-state index in [4.69, 9.17) is 17.4 Å². The highest BCUT2D eigenvalue weighted by atomic mass is 35.5. The van der Waals surface area contributed by atoms with Crippen molar-refractivity contribution in [3.63, 3.8) is 0 Å². The van der Waals surface area contributed by atoms with E-state index in [0.717, 1.165) is 10.6 Å². The van der Waals surface area contributed by atoms with Crippen LogP contribution in [0, 0.1) is 5.92 Å². The Hall–Kier alpha value is -0.570. The SMILES string of the molecule is NNC(c1ccccc1Cl)C1CCCCCC1. The predicted molar refractivity (Wildman–Crippen MR) is 72.7 cm³/mol. The summed E-state index contributed by atoms with van der Waals surface area (Å²) in [6.45, 7) is 0. The topological polar surface area (TPSA) is 38.0 Å². The normalized spacial score (nSPS) is 19.9. The van der Waals surface area contributed by atoms with E-state index in [1.54, 1.807) is 0 Å². The standard InChI is InChI=1S/C14H21ClN2/c15-13-10-6-5-9-12(13)14(17-16)11-7-3-1-2-4-8-11/h5-6,9-11,14,17H,1-4,7-8,16H2. The van der Waals surface area contributed by atoms with E-state index in [2.05, 4.69) is 11.5 Å². The summed E-state index contributed by atoms with van der Waals surface area (Å²) in [4.78, 5) is 0. The van der Waals surface area contributed by atoms with Crippen molar-refractivity contribution >= 4 is 11.6 Å². The fourth-order valence-corrected chi connectivity index (χ4v) is 3.10. The molecule has 0 aromatic heterocycles. The van der Waals surface area contributed by atoms with Crippen LogP contribution < -0.4 is 11.3 Å². The predicted octanol–water partition coefficient (Wildman–Crippen LogP) is 3.81. The highest BCUT2D eigenvalue weighted by Crippen LogP contribution is 2.35. The monoisotopic (exact) mass is 252 g/mol. The molecule has 1 unspecified atom stereocenters. The van der Waals surface area contributed by atoms with Crippen LogP contribution >= 0.6 is 11.6 Å². The van der Waals surface area contributed by atoms with Crippen LogP contribution in [0.5, 0.6) is 0 Å². The minimum absolute atomic E-state index is 0.196. The van der Waals surface area contributed by atoms with Crippen LogP contribution in [0.4, 0.5) is 0 Å². The van der Waals surface area contributed by atoms with Gasteiger partial charge in [0, 0.05) is 5.02 Å². The fourth-order valence-electron chi connectivity index (χ4n) is 2.85. The van der Waals surface area contributed by atoms with Crippen molar-refractivity contribution in [3.05, 3.63) is 34.9 Å². The molecule has 0 bridgehead atoms. The Morgan fingerprint density at radius 2 is 1.76 bits per heavy atom. The molecule has 1 aromatic rings. The average Bonchev–Trinajstić information content (AvgIpc) is 2.62. The second kappa shape index (κ2) is 6.39. The van der Waals surface area contributed by atoms with Crippen molar-refractivity contribution in [2.45, 2.75) is 44.6 Å². The minimum atomic E-state index is 0.196. The molecule has 3 heteroatoms. The number of halogens is 1. The summed E-state index contributed by atoms with van der Waals surface area (Å²) in [7, 11) is 0. The number of nitrogens with one attached hydrogen (secondary N) is 1. The molecule has 0 amide bonds. The van der Waals surface area contributed by atoms with Crippen molar-refractivity contribution in [3.8, 4) is 0 Å². The summed E-state index contributed by atoms with van der Waals surface area (Å²) in [6.07, 6.45) is 7.84. The van der Waals surface area contributed by atoms with Gasteiger partial charge < -0.3 is 0 Å². The first-order chi connectivity index (χ1) is 8.33. The van der Waals surface area contributed by atoms with E-state index in [-0.39, 0.29) is 6.04 Å². The van der Waals surface area contributed by atoms with E-state index in [1.807, 2.05) is 18.2 Å².